The minimum Gasteiger partial charge on any atom is -0.339 e. The van der Waals surface area contributed by atoms with Gasteiger partial charge in [-0.15, -0.1) is 11.3 Å². The molecule has 1 N–H and O–H groups in total. The fraction of sp³-hybridized carbons (Fsp3) is 0.435. The summed E-state index contributed by atoms with van der Waals surface area (Å²) in [5.74, 6) is 0.354. The number of thiophene rings is 1. The van der Waals surface area contributed by atoms with Gasteiger partial charge in [-0.1, -0.05) is 31.1 Å². The van der Waals surface area contributed by atoms with Crippen molar-refractivity contribution in [2.45, 2.75) is 51.3 Å². The fourth-order valence-electron chi connectivity index (χ4n) is 3.96. The summed E-state index contributed by atoms with van der Waals surface area (Å²) in [6, 6.07) is 9.34. The molecule has 10 heteroatoms. The molecule has 33 heavy (non-hydrogen) atoms. The normalized spacial score (nSPS) is 17.2. The quantitative estimate of drug-likeness (QED) is 0.532. The summed E-state index contributed by atoms with van der Waals surface area (Å²) >= 11 is 1.32. The van der Waals surface area contributed by atoms with Gasteiger partial charge in [0, 0.05) is 30.1 Å². The van der Waals surface area contributed by atoms with Crippen molar-refractivity contribution in [2.75, 3.05) is 18.4 Å². The molecule has 1 amide bonds. The van der Waals surface area contributed by atoms with Crippen LogP contribution in [0.2, 0.25) is 0 Å². The number of benzene rings is 1. The number of piperidine rings is 1. The Hall–Kier alpha value is -2.56. The van der Waals surface area contributed by atoms with Crippen LogP contribution in [0.25, 0.3) is 10.7 Å². The lowest BCUT2D eigenvalue weighted by molar-refractivity contribution is -0.120. The number of rotatable bonds is 7. The van der Waals surface area contributed by atoms with E-state index in [-0.39, 0.29) is 17.3 Å². The number of hydrogen-bond donors (Lipinski definition) is 1. The Bertz CT molecular complexity index is 1250. The zero-order chi connectivity index (χ0) is 23.6. The van der Waals surface area contributed by atoms with Crippen LogP contribution in [0.4, 0.5) is 5.69 Å². The number of carbonyl (C=O) groups excluding carboxylic acids is 1. The molecule has 1 unspecified atom stereocenters. The molecule has 1 atom stereocenters. The highest BCUT2D eigenvalue weighted by atomic mass is 32.2. The molecule has 1 saturated heterocycles. The number of carbonyl (C=O) groups is 1. The molecule has 0 radical (unpaired) electrons. The molecule has 8 nitrogen and oxygen atoms in total. The third-order valence-electron chi connectivity index (χ3n) is 5.84. The molecule has 1 aliphatic rings. The van der Waals surface area contributed by atoms with E-state index in [4.69, 9.17) is 4.52 Å². The van der Waals surface area contributed by atoms with Crippen molar-refractivity contribution in [3.05, 3.63) is 46.7 Å². The van der Waals surface area contributed by atoms with Gasteiger partial charge in [0.2, 0.25) is 27.6 Å². The van der Waals surface area contributed by atoms with E-state index in [2.05, 4.69) is 22.4 Å². The van der Waals surface area contributed by atoms with Gasteiger partial charge in [0.25, 0.3) is 0 Å². The molecule has 3 heterocycles. The van der Waals surface area contributed by atoms with E-state index in [0.717, 1.165) is 17.7 Å². The zero-order valence-electron chi connectivity index (χ0n) is 19.0. The summed E-state index contributed by atoms with van der Waals surface area (Å²) in [6.45, 7) is 6.30. The Morgan fingerprint density at radius 2 is 2.09 bits per heavy atom. The maximum absolute atomic E-state index is 13.5. The van der Waals surface area contributed by atoms with Crippen molar-refractivity contribution < 1.29 is 17.7 Å². The summed E-state index contributed by atoms with van der Waals surface area (Å²) in [5, 5.41) is 6.91. The molecular weight excluding hydrogens is 460 g/mol. The molecule has 176 valence electrons. The topological polar surface area (TPSA) is 105 Å². The van der Waals surface area contributed by atoms with E-state index < -0.39 is 15.9 Å². The van der Waals surface area contributed by atoms with E-state index in [9.17, 15) is 13.2 Å². The first-order valence-corrected chi connectivity index (χ1v) is 13.4. The van der Waals surface area contributed by atoms with Gasteiger partial charge in [-0.25, -0.2) is 8.42 Å². The maximum atomic E-state index is 13.5. The van der Waals surface area contributed by atoms with E-state index in [1.807, 2.05) is 31.2 Å². The Morgan fingerprint density at radius 1 is 1.27 bits per heavy atom. The molecular formula is C23H28N4O4S2. The highest BCUT2D eigenvalue weighted by molar-refractivity contribution is 7.89. The Kier molecular flexibility index (Phi) is 6.96. The lowest BCUT2D eigenvalue weighted by Crippen LogP contribution is -2.43. The third kappa shape index (κ3) is 5.02. The Labute approximate surface area is 198 Å². The molecule has 0 saturated carbocycles. The van der Waals surface area contributed by atoms with Gasteiger partial charge in [0.05, 0.1) is 15.7 Å². The van der Waals surface area contributed by atoms with Gasteiger partial charge in [-0.2, -0.15) is 9.29 Å². The maximum Gasteiger partial charge on any atom is 0.244 e. The average molecular weight is 489 g/mol. The minimum absolute atomic E-state index is 0.148. The van der Waals surface area contributed by atoms with Crippen LogP contribution in [0.15, 0.2) is 39.8 Å². The van der Waals surface area contributed by atoms with Crippen molar-refractivity contribution in [3.8, 4) is 10.7 Å². The lowest BCUT2D eigenvalue weighted by Gasteiger charge is -2.31. The third-order valence-corrected chi connectivity index (χ3v) is 9.01. The largest absolute Gasteiger partial charge is 0.339 e. The number of sulfonamides is 1. The van der Waals surface area contributed by atoms with E-state index in [0.29, 0.717) is 47.3 Å². The van der Waals surface area contributed by atoms with Crippen LogP contribution >= 0.6 is 11.3 Å². The van der Waals surface area contributed by atoms with Crippen molar-refractivity contribution in [1.29, 1.82) is 0 Å². The standard InChI is InChI=1S/C23H28N4O4S2/c1-4-16-8-6-10-18(12-16)24-23(28)17-9-7-11-27(14-17)33(29,30)20-13-19(32-15(20)3)22-25-21(5-2)31-26-22/h6,8,10,12-13,17H,4-5,7,9,11,14H2,1-3H3,(H,24,28). The number of anilines is 1. The first-order chi connectivity index (χ1) is 15.8. The van der Waals surface area contributed by atoms with Crippen LogP contribution in [0.5, 0.6) is 0 Å². The van der Waals surface area contributed by atoms with Gasteiger partial charge >= 0.3 is 0 Å². The second kappa shape index (κ2) is 9.74. The van der Waals surface area contributed by atoms with E-state index >= 15 is 0 Å². The van der Waals surface area contributed by atoms with Crippen LogP contribution in [-0.4, -0.2) is 41.9 Å². The predicted molar refractivity (Wildman–Crippen MR) is 128 cm³/mol. The van der Waals surface area contributed by atoms with Crippen molar-refractivity contribution >= 4 is 33.0 Å². The van der Waals surface area contributed by atoms with Crippen molar-refractivity contribution in [2.24, 2.45) is 5.92 Å². The molecule has 0 bridgehead atoms. The zero-order valence-corrected chi connectivity index (χ0v) is 20.6. The number of aryl methyl sites for hydroxylation is 3. The van der Waals surface area contributed by atoms with Crippen molar-refractivity contribution in [3.63, 3.8) is 0 Å². The molecule has 0 aliphatic carbocycles. The number of nitrogens with zero attached hydrogens (tertiary/aromatic N) is 3. The fourth-order valence-corrected chi connectivity index (χ4v) is 6.97. The number of hydrogen-bond acceptors (Lipinski definition) is 7. The first kappa shape index (κ1) is 23.6. The average Bonchev–Trinajstić information content (AvgIpc) is 3.46. The highest BCUT2D eigenvalue weighted by Gasteiger charge is 2.35. The van der Waals surface area contributed by atoms with Gasteiger partial charge < -0.3 is 9.84 Å². The van der Waals surface area contributed by atoms with Gasteiger partial charge in [0.1, 0.15) is 0 Å². The number of amides is 1. The molecule has 1 aliphatic heterocycles. The number of nitrogens with one attached hydrogen (secondary N) is 1. The van der Waals surface area contributed by atoms with Crippen molar-refractivity contribution in [1.82, 2.24) is 14.4 Å². The molecule has 2 aromatic heterocycles. The van der Waals surface area contributed by atoms with Crippen LogP contribution in [0.1, 0.15) is 43.0 Å². The molecule has 3 aromatic rings. The van der Waals surface area contributed by atoms with Gasteiger partial charge in [0.15, 0.2) is 0 Å². The van der Waals surface area contributed by atoms with Gasteiger partial charge in [-0.3, -0.25) is 4.79 Å². The van der Waals surface area contributed by atoms with Crippen LogP contribution in [0, 0.1) is 12.8 Å². The minimum atomic E-state index is -3.75. The SMILES string of the molecule is CCc1cccc(NC(=O)C2CCCN(S(=O)(=O)c3cc(-c4noc(CC)n4)sc3C)C2)c1. The van der Waals surface area contributed by atoms with Crippen LogP contribution < -0.4 is 5.32 Å². The second-order valence-corrected chi connectivity index (χ2v) is 11.3. The summed E-state index contributed by atoms with van der Waals surface area (Å²) < 4.78 is 33.5. The Morgan fingerprint density at radius 3 is 2.82 bits per heavy atom. The lowest BCUT2D eigenvalue weighted by atomic mass is 9.98. The van der Waals surface area contributed by atoms with Gasteiger partial charge in [-0.05, 0) is 49.9 Å². The van der Waals surface area contributed by atoms with Crippen LogP contribution in [0.3, 0.4) is 0 Å². The Balaban J connectivity index is 1.50. The van der Waals surface area contributed by atoms with E-state index in [1.54, 1.807) is 13.0 Å². The molecule has 1 fully saturated rings. The highest BCUT2D eigenvalue weighted by Crippen LogP contribution is 2.35. The monoisotopic (exact) mass is 488 g/mol. The molecule has 4 rings (SSSR count). The second-order valence-electron chi connectivity index (χ2n) is 8.14. The van der Waals surface area contributed by atoms with E-state index in [1.165, 1.54) is 15.6 Å². The van der Waals surface area contributed by atoms with Crippen LogP contribution in [-0.2, 0) is 27.7 Å². The smallest absolute Gasteiger partial charge is 0.244 e. The molecule has 0 spiro atoms. The summed E-state index contributed by atoms with van der Waals surface area (Å²) in [4.78, 5) is 18.8. The summed E-state index contributed by atoms with van der Waals surface area (Å²) in [6.07, 6.45) is 2.78. The molecule has 1 aromatic carbocycles. The predicted octanol–water partition coefficient (Wildman–Crippen LogP) is 4.27. The summed E-state index contributed by atoms with van der Waals surface area (Å²) in [5.41, 5.74) is 1.88. The summed E-state index contributed by atoms with van der Waals surface area (Å²) in [7, 11) is -3.75. The number of aromatic nitrogens is 2. The first-order valence-electron chi connectivity index (χ1n) is 11.1.